The molecule has 1 fully saturated rings. The fraction of sp³-hybridized carbons (Fsp3) is 0.346. The van der Waals surface area contributed by atoms with Crippen molar-refractivity contribution in [1.82, 2.24) is 24.7 Å². The highest BCUT2D eigenvalue weighted by atomic mass is 19.4. The number of carbonyl (C=O) groups is 1. The van der Waals surface area contributed by atoms with Crippen LogP contribution in [0.1, 0.15) is 63.4 Å². The van der Waals surface area contributed by atoms with Crippen molar-refractivity contribution in [2.45, 2.75) is 51.1 Å². The molecular formula is C26H24F3N7O2. The van der Waals surface area contributed by atoms with Gasteiger partial charge in [-0.1, -0.05) is 12.1 Å². The van der Waals surface area contributed by atoms with Gasteiger partial charge >= 0.3 is 6.18 Å². The number of nitrogens with two attached hydrogens (primary N) is 1. The van der Waals surface area contributed by atoms with Crippen molar-refractivity contribution in [2.24, 2.45) is 7.05 Å². The molecule has 0 spiro atoms. The van der Waals surface area contributed by atoms with Crippen molar-refractivity contribution < 1.29 is 22.7 Å². The molecule has 1 aromatic carbocycles. The van der Waals surface area contributed by atoms with Crippen molar-refractivity contribution in [3.8, 4) is 0 Å². The number of carbonyl (C=O) groups excluding carboxylic acids is 1. The molecule has 4 aromatic rings. The number of aromatic nitrogens is 5. The highest BCUT2D eigenvalue weighted by Gasteiger charge is 2.47. The summed E-state index contributed by atoms with van der Waals surface area (Å²) in [5.41, 5.74) is 8.98. The summed E-state index contributed by atoms with van der Waals surface area (Å²) in [5.74, 6) is 0.597. The third kappa shape index (κ3) is 4.24. The van der Waals surface area contributed by atoms with E-state index < -0.39 is 12.3 Å². The van der Waals surface area contributed by atoms with Crippen LogP contribution in [0.25, 0.3) is 10.9 Å². The van der Waals surface area contributed by atoms with Gasteiger partial charge in [0.2, 0.25) is 0 Å². The van der Waals surface area contributed by atoms with Gasteiger partial charge in [0.25, 0.3) is 5.91 Å². The first-order chi connectivity index (χ1) is 18.1. The van der Waals surface area contributed by atoms with Gasteiger partial charge in [0, 0.05) is 42.5 Å². The molecule has 12 heteroatoms. The number of pyridine rings is 1. The number of anilines is 2. The van der Waals surface area contributed by atoms with Gasteiger partial charge in [0.15, 0.2) is 6.10 Å². The number of nitrogen functional groups attached to an aromatic ring is 1. The number of benzene rings is 1. The van der Waals surface area contributed by atoms with Gasteiger partial charge in [-0.2, -0.15) is 18.3 Å². The molecule has 0 radical (unpaired) electrons. The maximum atomic E-state index is 13.7. The van der Waals surface area contributed by atoms with Crippen LogP contribution in [-0.2, 0) is 24.9 Å². The molecule has 38 heavy (non-hydrogen) atoms. The van der Waals surface area contributed by atoms with E-state index in [1.165, 1.54) is 0 Å². The Labute approximate surface area is 215 Å². The highest BCUT2D eigenvalue weighted by Crippen LogP contribution is 2.46. The van der Waals surface area contributed by atoms with Crippen LogP contribution in [0.4, 0.5) is 24.7 Å². The molecule has 196 valence electrons. The van der Waals surface area contributed by atoms with Gasteiger partial charge in [-0.25, -0.2) is 15.0 Å². The zero-order valence-electron chi connectivity index (χ0n) is 20.7. The van der Waals surface area contributed by atoms with E-state index in [4.69, 9.17) is 10.5 Å². The van der Waals surface area contributed by atoms with Gasteiger partial charge in [0.05, 0.1) is 35.6 Å². The summed E-state index contributed by atoms with van der Waals surface area (Å²) in [6, 6.07) is 5.19. The lowest BCUT2D eigenvalue weighted by Crippen LogP contribution is -2.31. The molecule has 1 saturated carbocycles. The van der Waals surface area contributed by atoms with E-state index in [0.29, 0.717) is 44.9 Å². The van der Waals surface area contributed by atoms with Gasteiger partial charge in [0.1, 0.15) is 11.6 Å². The van der Waals surface area contributed by atoms with Crippen molar-refractivity contribution in [2.75, 3.05) is 10.6 Å². The van der Waals surface area contributed by atoms with Crippen LogP contribution in [0, 0.1) is 6.92 Å². The number of nitrogens with zero attached hydrogens (tertiary/aromatic N) is 6. The van der Waals surface area contributed by atoms with Crippen LogP contribution < -0.4 is 10.6 Å². The topological polar surface area (TPSA) is 112 Å². The molecule has 1 atom stereocenters. The monoisotopic (exact) mass is 523 g/mol. The molecule has 9 nitrogen and oxygen atoms in total. The van der Waals surface area contributed by atoms with Gasteiger partial charge in [-0.3, -0.25) is 9.48 Å². The molecule has 1 aliphatic heterocycles. The maximum absolute atomic E-state index is 13.7. The molecule has 0 bridgehead atoms. The Morgan fingerprint density at radius 3 is 2.61 bits per heavy atom. The summed E-state index contributed by atoms with van der Waals surface area (Å²) in [7, 11) is 1.77. The molecule has 2 N–H and O–H groups in total. The number of hydrogen-bond acceptors (Lipinski definition) is 7. The number of halogens is 3. The number of alkyl halides is 3. The Morgan fingerprint density at radius 2 is 1.97 bits per heavy atom. The maximum Gasteiger partial charge on any atom is 0.419 e. The number of ether oxygens (including phenoxy) is 1. The fourth-order valence-corrected chi connectivity index (χ4v) is 4.93. The van der Waals surface area contributed by atoms with E-state index in [2.05, 4.69) is 20.1 Å². The fourth-order valence-electron chi connectivity index (χ4n) is 4.93. The minimum Gasteiger partial charge on any atom is -0.383 e. The van der Waals surface area contributed by atoms with Gasteiger partial charge in [-0.05, 0) is 37.0 Å². The largest absolute Gasteiger partial charge is 0.419 e. The average molecular weight is 524 g/mol. The van der Waals surface area contributed by atoms with E-state index >= 15 is 0 Å². The summed E-state index contributed by atoms with van der Waals surface area (Å²) >= 11 is 0. The second-order valence-electron chi connectivity index (χ2n) is 9.74. The van der Waals surface area contributed by atoms with Crippen molar-refractivity contribution >= 4 is 28.3 Å². The van der Waals surface area contributed by atoms with Crippen LogP contribution in [0.5, 0.6) is 0 Å². The van der Waals surface area contributed by atoms with Crippen LogP contribution in [-0.4, -0.2) is 36.8 Å². The Kier molecular flexibility index (Phi) is 5.60. The second-order valence-corrected chi connectivity index (χ2v) is 9.74. The molecule has 6 rings (SSSR count). The van der Waals surface area contributed by atoms with Crippen molar-refractivity contribution in [1.29, 1.82) is 0 Å². The lowest BCUT2D eigenvalue weighted by Gasteiger charge is -2.22. The SMILES string of the molecule is Cc1nn(C)cc1N(Cc1ccc2c3c(c(N)nc2c1)[C@H](C(F)(F)F)OC3)C(=O)c1cnc(C2CC2)nc1. The van der Waals surface area contributed by atoms with E-state index in [1.54, 1.807) is 53.4 Å². The summed E-state index contributed by atoms with van der Waals surface area (Å²) in [6.45, 7) is 1.76. The molecule has 0 unspecified atom stereocenters. The zero-order chi connectivity index (χ0) is 26.8. The Morgan fingerprint density at radius 1 is 1.24 bits per heavy atom. The molecule has 1 amide bonds. The summed E-state index contributed by atoms with van der Waals surface area (Å²) < 4.78 is 47.0. The predicted octanol–water partition coefficient (Wildman–Crippen LogP) is 4.51. The van der Waals surface area contributed by atoms with Crippen LogP contribution in [0.3, 0.4) is 0 Å². The third-order valence-corrected chi connectivity index (χ3v) is 6.91. The quantitative estimate of drug-likeness (QED) is 0.410. The van der Waals surface area contributed by atoms with Gasteiger partial charge < -0.3 is 15.4 Å². The average Bonchev–Trinajstić information content (AvgIpc) is 3.52. The first-order valence-electron chi connectivity index (χ1n) is 12.1. The predicted molar refractivity (Wildman–Crippen MR) is 132 cm³/mol. The number of amides is 1. The lowest BCUT2D eigenvalue weighted by atomic mass is 9.99. The first-order valence-corrected chi connectivity index (χ1v) is 12.1. The number of rotatable bonds is 5. The number of aryl methyl sites for hydroxylation is 2. The lowest BCUT2D eigenvalue weighted by molar-refractivity contribution is -0.219. The standard InChI is InChI=1S/C26H24F3N7O2/c1-13-20(11-35(2)34-13)36(25(37)16-8-31-24(32-9-16)15-4-5-15)10-14-3-6-17-18-12-38-22(26(27,28)29)21(18)23(30)33-19(17)7-14/h3,6-9,11,15,22H,4-5,10,12H2,1-2H3,(H2,30,33)/t22-/m1/s1. The molecule has 0 saturated heterocycles. The second kappa shape index (κ2) is 8.76. The Hall–Kier alpha value is -4.06. The van der Waals surface area contributed by atoms with E-state index in [9.17, 15) is 18.0 Å². The van der Waals surface area contributed by atoms with Crippen molar-refractivity contribution in [3.05, 3.63) is 70.6 Å². The van der Waals surface area contributed by atoms with Gasteiger partial charge in [-0.15, -0.1) is 0 Å². The molecule has 1 aliphatic carbocycles. The number of fused-ring (bicyclic) bond motifs is 3. The Balaban J connectivity index is 1.36. The zero-order valence-corrected chi connectivity index (χ0v) is 20.7. The summed E-state index contributed by atoms with van der Waals surface area (Å²) in [4.78, 5) is 28.3. The van der Waals surface area contributed by atoms with E-state index in [-0.39, 0.29) is 30.4 Å². The molecule has 4 heterocycles. The normalized spacial score (nSPS) is 17.1. The molecule has 3 aromatic heterocycles. The third-order valence-electron chi connectivity index (χ3n) is 6.91. The van der Waals surface area contributed by atoms with E-state index in [1.807, 2.05) is 6.92 Å². The minimum atomic E-state index is -4.59. The summed E-state index contributed by atoms with van der Waals surface area (Å²) in [5, 5.41) is 4.91. The highest BCUT2D eigenvalue weighted by molar-refractivity contribution is 6.06. The number of hydrogen-bond donors (Lipinski definition) is 1. The molecular weight excluding hydrogens is 499 g/mol. The summed E-state index contributed by atoms with van der Waals surface area (Å²) in [6.07, 6.45) is 0.282. The van der Waals surface area contributed by atoms with Crippen LogP contribution in [0.2, 0.25) is 0 Å². The van der Waals surface area contributed by atoms with Crippen molar-refractivity contribution in [3.63, 3.8) is 0 Å². The van der Waals surface area contributed by atoms with E-state index in [0.717, 1.165) is 18.7 Å². The Bertz CT molecular complexity index is 1560. The van der Waals surface area contributed by atoms with Crippen LogP contribution >= 0.6 is 0 Å². The first kappa shape index (κ1) is 24.3. The minimum absolute atomic E-state index is 0.129. The smallest absolute Gasteiger partial charge is 0.383 e. The van der Waals surface area contributed by atoms with Crippen LogP contribution in [0.15, 0.2) is 36.8 Å². The molecule has 2 aliphatic rings.